The average molecular weight is 393 g/mol. The minimum Gasteiger partial charge on any atom is -0.489 e. The van der Waals surface area contributed by atoms with Crippen molar-refractivity contribution in [1.82, 2.24) is 19.7 Å². The maximum atomic E-state index is 6.14. The van der Waals surface area contributed by atoms with E-state index in [1.165, 1.54) is 5.56 Å². The molecule has 1 aromatic carbocycles. The highest BCUT2D eigenvalue weighted by Crippen LogP contribution is 2.35. The van der Waals surface area contributed by atoms with Crippen molar-refractivity contribution < 1.29 is 9.47 Å². The molecule has 1 saturated carbocycles. The Kier molecular flexibility index (Phi) is 5.90. The quantitative estimate of drug-likeness (QED) is 0.617. The Morgan fingerprint density at radius 2 is 1.72 bits per heavy atom. The van der Waals surface area contributed by atoms with Gasteiger partial charge in [0.15, 0.2) is 5.82 Å². The number of hydrogen-bond acceptors (Lipinski definition) is 5. The lowest BCUT2D eigenvalue weighted by atomic mass is 9.86. The zero-order valence-electron chi connectivity index (χ0n) is 17.3. The van der Waals surface area contributed by atoms with Crippen molar-refractivity contribution in [2.45, 2.75) is 58.2 Å². The van der Waals surface area contributed by atoms with E-state index in [1.54, 1.807) is 7.11 Å². The normalized spacial score (nSPS) is 19.3. The lowest BCUT2D eigenvalue weighted by Crippen LogP contribution is -2.25. The maximum absolute atomic E-state index is 6.14. The van der Waals surface area contributed by atoms with Crippen LogP contribution in [0.3, 0.4) is 0 Å². The van der Waals surface area contributed by atoms with Crippen molar-refractivity contribution in [2.24, 2.45) is 0 Å². The summed E-state index contributed by atoms with van der Waals surface area (Å²) in [4.78, 5) is 4.32. The highest BCUT2D eigenvalue weighted by molar-refractivity contribution is 5.37. The third-order valence-electron chi connectivity index (χ3n) is 5.55. The third-order valence-corrected chi connectivity index (χ3v) is 5.55. The standard InChI is InChI=1S/C23H28N4O2/c1-16-4-9-19(10-5-16)27-22(15-28-3)25-26-23(27)18-7-12-20(13-8-18)29-21-11-6-17(2)24-14-21/h4-6,9-11,14,18,20H,7-8,12-13,15H2,1-3H3/t18-,20-. The predicted molar refractivity (Wildman–Crippen MR) is 111 cm³/mol. The first kappa shape index (κ1) is 19.6. The van der Waals surface area contributed by atoms with E-state index in [-0.39, 0.29) is 6.10 Å². The van der Waals surface area contributed by atoms with Gasteiger partial charge >= 0.3 is 0 Å². The topological polar surface area (TPSA) is 62.1 Å². The van der Waals surface area contributed by atoms with Gasteiger partial charge in [0.25, 0.3) is 0 Å². The Morgan fingerprint density at radius 3 is 2.38 bits per heavy atom. The van der Waals surface area contributed by atoms with E-state index in [0.29, 0.717) is 12.5 Å². The first-order valence-electron chi connectivity index (χ1n) is 10.2. The molecule has 0 atom stereocenters. The van der Waals surface area contributed by atoms with E-state index in [1.807, 2.05) is 25.3 Å². The molecule has 0 N–H and O–H groups in total. The fourth-order valence-electron chi connectivity index (χ4n) is 3.95. The van der Waals surface area contributed by atoms with Crippen molar-refractivity contribution in [3.8, 4) is 11.4 Å². The summed E-state index contributed by atoms with van der Waals surface area (Å²) >= 11 is 0. The van der Waals surface area contributed by atoms with Gasteiger partial charge in [0.2, 0.25) is 0 Å². The van der Waals surface area contributed by atoms with Crippen LogP contribution in [0, 0.1) is 13.8 Å². The largest absolute Gasteiger partial charge is 0.489 e. The average Bonchev–Trinajstić information content (AvgIpc) is 3.15. The summed E-state index contributed by atoms with van der Waals surface area (Å²) in [5.41, 5.74) is 3.33. The fraction of sp³-hybridized carbons (Fsp3) is 0.435. The van der Waals surface area contributed by atoms with Crippen LogP contribution in [-0.2, 0) is 11.3 Å². The molecule has 1 fully saturated rings. The van der Waals surface area contributed by atoms with Crippen molar-refractivity contribution >= 4 is 0 Å². The molecule has 0 radical (unpaired) electrons. The van der Waals surface area contributed by atoms with E-state index in [9.17, 15) is 0 Å². The first-order chi connectivity index (χ1) is 14.1. The van der Waals surface area contributed by atoms with Gasteiger partial charge in [-0.3, -0.25) is 9.55 Å². The number of rotatable bonds is 6. The second-order valence-electron chi connectivity index (χ2n) is 7.81. The van der Waals surface area contributed by atoms with Crippen LogP contribution >= 0.6 is 0 Å². The molecule has 0 aliphatic heterocycles. The smallest absolute Gasteiger partial charge is 0.163 e. The number of aryl methyl sites for hydroxylation is 2. The molecule has 29 heavy (non-hydrogen) atoms. The number of methoxy groups -OCH3 is 1. The summed E-state index contributed by atoms with van der Waals surface area (Å²) < 4.78 is 13.7. The van der Waals surface area contributed by atoms with Crippen LogP contribution in [0.4, 0.5) is 0 Å². The molecule has 0 unspecified atom stereocenters. The molecule has 2 aromatic heterocycles. The minimum atomic E-state index is 0.227. The van der Waals surface area contributed by atoms with Crippen LogP contribution in [0.15, 0.2) is 42.6 Å². The first-order valence-corrected chi connectivity index (χ1v) is 10.2. The van der Waals surface area contributed by atoms with Crippen LogP contribution in [0.25, 0.3) is 5.69 Å². The number of hydrogen-bond donors (Lipinski definition) is 0. The molecular weight excluding hydrogens is 364 g/mol. The van der Waals surface area contributed by atoms with Crippen LogP contribution < -0.4 is 4.74 Å². The molecule has 0 saturated heterocycles. The lowest BCUT2D eigenvalue weighted by molar-refractivity contribution is 0.144. The molecule has 2 heterocycles. The SMILES string of the molecule is COCc1nnc([C@H]2CC[C@H](Oc3ccc(C)nc3)CC2)n1-c1ccc(C)cc1. The van der Waals surface area contributed by atoms with Gasteiger partial charge < -0.3 is 9.47 Å². The monoisotopic (exact) mass is 392 g/mol. The Labute approximate surface area is 171 Å². The number of pyridine rings is 1. The van der Waals surface area contributed by atoms with E-state index < -0.39 is 0 Å². The van der Waals surface area contributed by atoms with Gasteiger partial charge in [-0.1, -0.05) is 17.7 Å². The Morgan fingerprint density at radius 1 is 0.966 bits per heavy atom. The van der Waals surface area contributed by atoms with E-state index in [4.69, 9.17) is 9.47 Å². The second-order valence-corrected chi connectivity index (χ2v) is 7.81. The number of benzene rings is 1. The van der Waals surface area contributed by atoms with Gasteiger partial charge in [-0.05, 0) is 63.8 Å². The van der Waals surface area contributed by atoms with Crippen LogP contribution in [0.1, 0.15) is 54.5 Å². The van der Waals surface area contributed by atoms with Gasteiger partial charge in [-0.25, -0.2) is 0 Å². The van der Waals surface area contributed by atoms with Gasteiger partial charge in [0, 0.05) is 24.4 Å². The van der Waals surface area contributed by atoms with Crippen molar-refractivity contribution in [3.63, 3.8) is 0 Å². The zero-order valence-corrected chi connectivity index (χ0v) is 17.3. The molecule has 0 spiro atoms. The maximum Gasteiger partial charge on any atom is 0.163 e. The molecule has 0 bridgehead atoms. The Bertz CT molecular complexity index is 927. The van der Waals surface area contributed by atoms with Gasteiger partial charge in [-0.2, -0.15) is 0 Å². The molecule has 3 aromatic rings. The van der Waals surface area contributed by atoms with Gasteiger partial charge in [-0.15, -0.1) is 10.2 Å². The fourth-order valence-corrected chi connectivity index (χ4v) is 3.95. The van der Waals surface area contributed by atoms with E-state index >= 15 is 0 Å². The highest BCUT2D eigenvalue weighted by atomic mass is 16.5. The molecular formula is C23H28N4O2. The summed E-state index contributed by atoms with van der Waals surface area (Å²) in [5.74, 6) is 3.08. The van der Waals surface area contributed by atoms with Gasteiger partial charge in [0.05, 0.1) is 12.3 Å². The van der Waals surface area contributed by atoms with Crippen LogP contribution in [-0.4, -0.2) is 33.0 Å². The number of aromatic nitrogens is 4. The lowest BCUT2D eigenvalue weighted by Gasteiger charge is -2.28. The van der Waals surface area contributed by atoms with Crippen LogP contribution in [0.5, 0.6) is 5.75 Å². The minimum absolute atomic E-state index is 0.227. The Balaban J connectivity index is 1.49. The summed E-state index contributed by atoms with van der Waals surface area (Å²) in [6, 6.07) is 12.5. The van der Waals surface area contributed by atoms with Gasteiger partial charge in [0.1, 0.15) is 18.2 Å². The second kappa shape index (κ2) is 8.74. The predicted octanol–water partition coefficient (Wildman–Crippen LogP) is 4.53. The summed E-state index contributed by atoms with van der Waals surface area (Å²) in [7, 11) is 1.69. The summed E-state index contributed by atoms with van der Waals surface area (Å²) in [5, 5.41) is 8.98. The molecule has 4 rings (SSSR count). The summed E-state index contributed by atoms with van der Waals surface area (Å²) in [6.45, 7) is 4.52. The van der Waals surface area contributed by atoms with E-state index in [2.05, 4.69) is 50.9 Å². The molecule has 1 aliphatic rings. The van der Waals surface area contributed by atoms with Crippen molar-refractivity contribution in [2.75, 3.05) is 7.11 Å². The Hall–Kier alpha value is -2.73. The molecule has 6 heteroatoms. The zero-order chi connectivity index (χ0) is 20.2. The van der Waals surface area contributed by atoms with Crippen molar-refractivity contribution in [3.05, 3.63) is 65.5 Å². The summed E-state index contributed by atoms with van der Waals surface area (Å²) in [6.07, 6.45) is 6.09. The molecule has 152 valence electrons. The number of nitrogens with zero attached hydrogens (tertiary/aromatic N) is 4. The molecule has 6 nitrogen and oxygen atoms in total. The van der Waals surface area contributed by atoms with E-state index in [0.717, 1.165) is 54.5 Å². The molecule has 0 amide bonds. The number of ether oxygens (including phenoxy) is 2. The third kappa shape index (κ3) is 4.48. The molecule has 1 aliphatic carbocycles. The highest BCUT2D eigenvalue weighted by Gasteiger charge is 2.28. The van der Waals surface area contributed by atoms with Crippen LogP contribution in [0.2, 0.25) is 0 Å². The van der Waals surface area contributed by atoms with Crippen molar-refractivity contribution in [1.29, 1.82) is 0 Å².